The van der Waals surface area contributed by atoms with Crippen molar-refractivity contribution in [2.45, 2.75) is 44.2 Å². The molecule has 0 aliphatic rings. The van der Waals surface area contributed by atoms with Gasteiger partial charge in [0.1, 0.15) is 16.5 Å². The molecular formula is C23H24FNO4S2. The van der Waals surface area contributed by atoms with Crippen molar-refractivity contribution >= 4 is 27.4 Å². The molecule has 8 heteroatoms. The first kappa shape index (κ1) is 23.0. The zero-order valence-electron chi connectivity index (χ0n) is 17.3. The number of hydrogen-bond acceptors (Lipinski definition) is 5. The van der Waals surface area contributed by atoms with Gasteiger partial charge in [-0.25, -0.2) is 4.39 Å². The minimum Gasteiger partial charge on any atom is -0.379 e. The quantitative estimate of drug-likeness (QED) is 0.420. The van der Waals surface area contributed by atoms with E-state index in [9.17, 15) is 17.6 Å². The number of thiophene rings is 1. The highest BCUT2D eigenvalue weighted by molar-refractivity contribution is 7.87. The van der Waals surface area contributed by atoms with Gasteiger partial charge < -0.3 is 9.08 Å². The maximum Gasteiger partial charge on any atom is 0.339 e. The number of hydrogen-bond donors (Lipinski definition) is 0. The van der Waals surface area contributed by atoms with Crippen molar-refractivity contribution in [2.24, 2.45) is 0 Å². The summed E-state index contributed by atoms with van der Waals surface area (Å²) >= 11 is 1.56. The average Bonchev–Trinajstić information content (AvgIpc) is 3.25. The summed E-state index contributed by atoms with van der Waals surface area (Å²) in [6.07, 6.45) is 1.19. The van der Waals surface area contributed by atoms with Gasteiger partial charge in [-0.05, 0) is 66.8 Å². The molecule has 2 aromatic carbocycles. The monoisotopic (exact) mass is 461 g/mol. The number of carbonyl (C=O) groups is 1. The van der Waals surface area contributed by atoms with Crippen molar-refractivity contribution in [2.75, 3.05) is 0 Å². The van der Waals surface area contributed by atoms with Gasteiger partial charge in [-0.15, -0.1) is 11.3 Å². The van der Waals surface area contributed by atoms with E-state index in [1.807, 2.05) is 36.3 Å². The Labute approximate surface area is 186 Å². The fourth-order valence-corrected chi connectivity index (χ4v) is 4.62. The highest BCUT2D eigenvalue weighted by Gasteiger charge is 2.21. The number of halogens is 1. The summed E-state index contributed by atoms with van der Waals surface area (Å²) in [6.45, 7) is 4.47. The van der Waals surface area contributed by atoms with Gasteiger partial charge in [0.25, 0.3) is 0 Å². The molecule has 31 heavy (non-hydrogen) atoms. The van der Waals surface area contributed by atoms with Crippen molar-refractivity contribution in [1.29, 1.82) is 0 Å². The van der Waals surface area contributed by atoms with Crippen molar-refractivity contribution in [3.05, 3.63) is 82.3 Å². The number of amides is 1. The maximum atomic E-state index is 13.0. The number of nitrogens with zero attached hydrogens (tertiary/aromatic N) is 1. The maximum absolute atomic E-state index is 13.0. The van der Waals surface area contributed by atoms with Gasteiger partial charge in [-0.2, -0.15) is 8.42 Å². The Morgan fingerprint density at radius 2 is 1.77 bits per heavy atom. The summed E-state index contributed by atoms with van der Waals surface area (Å²) in [5.74, 6) is -0.327. The predicted octanol–water partition coefficient (Wildman–Crippen LogP) is 5.02. The minimum atomic E-state index is -4.06. The van der Waals surface area contributed by atoms with Gasteiger partial charge in [-0.1, -0.05) is 25.1 Å². The largest absolute Gasteiger partial charge is 0.379 e. The normalized spacial score (nSPS) is 12.4. The third-order valence-electron chi connectivity index (χ3n) is 4.93. The van der Waals surface area contributed by atoms with Crippen LogP contribution < -0.4 is 4.18 Å². The molecule has 0 saturated carbocycles. The molecule has 164 valence electrons. The Kier molecular flexibility index (Phi) is 7.46. The molecule has 0 saturated heterocycles. The second-order valence-electron chi connectivity index (χ2n) is 7.17. The highest BCUT2D eigenvalue weighted by Crippen LogP contribution is 2.21. The van der Waals surface area contributed by atoms with Crippen LogP contribution in [-0.4, -0.2) is 25.3 Å². The van der Waals surface area contributed by atoms with E-state index in [4.69, 9.17) is 4.18 Å². The van der Waals surface area contributed by atoms with Crippen LogP contribution in [0, 0.1) is 5.82 Å². The van der Waals surface area contributed by atoms with Gasteiger partial charge in [-0.3, -0.25) is 4.79 Å². The Hall–Kier alpha value is -2.71. The van der Waals surface area contributed by atoms with Crippen molar-refractivity contribution in [3.8, 4) is 5.75 Å². The highest BCUT2D eigenvalue weighted by atomic mass is 32.2. The molecule has 0 unspecified atom stereocenters. The lowest BCUT2D eigenvalue weighted by atomic mass is 10.1. The number of rotatable bonds is 9. The predicted molar refractivity (Wildman–Crippen MR) is 119 cm³/mol. The van der Waals surface area contributed by atoms with Crippen LogP contribution in [0.2, 0.25) is 0 Å². The van der Waals surface area contributed by atoms with E-state index < -0.39 is 15.9 Å². The summed E-state index contributed by atoms with van der Waals surface area (Å²) in [7, 11) is -4.06. The molecule has 5 nitrogen and oxygen atoms in total. The zero-order valence-corrected chi connectivity index (χ0v) is 19.0. The van der Waals surface area contributed by atoms with Crippen LogP contribution in [0.25, 0.3) is 0 Å². The third-order valence-corrected chi connectivity index (χ3v) is 7.07. The Balaban J connectivity index is 1.70. The fourth-order valence-electron chi connectivity index (χ4n) is 3.00. The molecule has 1 aromatic heterocycles. The van der Waals surface area contributed by atoms with E-state index in [0.717, 1.165) is 41.1 Å². The van der Waals surface area contributed by atoms with Crippen LogP contribution >= 0.6 is 11.3 Å². The van der Waals surface area contributed by atoms with E-state index in [1.54, 1.807) is 35.6 Å². The van der Waals surface area contributed by atoms with Crippen LogP contribution in [0.5, 0.6) is 5.75 Å². The molecule has 0 aliphatic carbocycles. The van der Waals surface area contributed by atoms with E-state index >= 15 is 0 Å². The third kappa shape index (κ3) is 6.15. The van der Waals surface area contributed by atoms with Crippen LogP contribution in [0.4, 0.5) is 4.39 Å². The van der Waals surface area contributed by atoms with Gasteiger partial charge in [0.2, 0.25) is 5.91 Å². The number of carbonyl (C=O) groups excluding carboxylic acids is 1. The molecule has 0 spiro atoms. The van der Waals surface area contributed by atoms with Crippen LogP contribution in [0.3, 0.4) is 0 Å². The number of benzene rings is 2. The lowest BCUT2D eigenvalue weighted by Gasteiger charge is -2.29. The summed E-state index contributed by atoms with van der Waals surface area (Å²) < 4.78 is 42.9. The molecule has 1 amide bonds. The second-order valence-corrected chi connectivity index (χ2v) is 9.75. The van der Waals surface area contributed by atoms with Crippen LogP contribution in [0.1, 0.15) is 30.7 Å². The van der Waals surface area contributed by atoms with E-state index in [1.165, 1.54) is 0 Å². The summed E-state index contributed by atoms with van der Waals surface area (Å²) in [6, 6.07) is 15.0. The van der Waals surface area contributed by atoms with Gasteiger partial charge in [0.15, 0.2) is 0 Å². The van der Waals surface area contributed by atoms with Crippen LogP contribution in [-0.2, 0) is 27.9 Å². The first-order valence-corrected chi connectivity index (χ1v) is 12.2. The Bertz CT molecular complexity index is 1100. The molecule has 0 N–H and O–H groups in total. The molecule has 1 heterocycles. The average molecular weight is 462 g/mol. The molecule has 0 fully saturated rings. The lowest BCUT2D eigenvalue weighted by molar-refractivity contribution is -0.133. The Morgan fingerprint density at radius 1 is 1.10 bits per heavy atom. The van der Waals surface area contributed by atoms with E-state index in [-0.39, 0.29) is 22.6 Å². The van der Waals surface area contributed by atoms with Crippen molar-refractivity contribution < 1.29 is 21.8 Å². The standard InChI is InChI=1S/C23H24FNO4S2/c1-3-17(2)25(23(26)15-21-5-4-14-30-21)16-18-6-10-20(11-7-18)29-31(27,28)22-12-8-19(24)9-13-22/h4-14,17H,3,15-16H2,1-2H3/t17-/m1/s1. The molecule has 0 aliphatic heterocycles. The van der Waals surface area contributed by atoms with E-state index in [0.29, 0.717) is 13.0 Å². The molecule has 3 aromatic rings. The molecule has 0 radical (unpaired) electrons. The van der Waals surface area contributed by atoms with Gasteiger partial charge in [0, 0.05) is 17.5 Å². The van der Waals surface area contributed by atoms with Crippen molar-refractivity contribution in [1.82, 2.24) is 4.90 Å². The Morgan fingerprint density at radius 3 is 2.35 bits per heavy atom. The first-order valence-electron chi connectivity index (χ1n) is 9.89. The zero-order chi connectivity index (χ0) is 22.4. The van der Waals surface area contributed by atoms with Crippen LogP contribution in [0.15, 0.2) is 70.9 Å². The second kappa shape index (κ2) is 10.1. The molecular weight excluding hydrogens is 437 g/mol. The summed E-state index contributed by atoms with van der Waals surface area (Å²) in [5.41, 5.74) is 0.867. The fraction of sp³-hybridized carbons (Fsp3) is 0.261. The topological polar surface area (TPSA) is 63.7 Å². The lowest BCUT2D eigenvalue weighted by Crippen LogP contribution is -2.38. The first-order chi connectivity index (χ1) is 14.8. The van der Waals surface area contributed by atoms with E-state index in [2.05, 4.69) is 0 Å². The minimum absolute atomic E-state index is 0.0519. The summed E-state index contributed by atoms with van der Waals surface area (Å²) in [4.78, 5) is 15.6. The molecule has 0 bridgehead atoms. The summed E-state index contributed by atoms with van der Waals surface area (Å²) in [5, 5.41) is 1.95. The van der Waals surface area contributed by atoms with Crippen molar-refractivity contribution in [3.63, 3.8) is 0 Å². The molecule has 3 rings (SSSR count). The smallest absolute Gasteiger partial charge is 0.339 e. The molecule has 1 atom stereocenters. The van der Waals surface area contributed by atoms with Gasteiger partial charge in [0.05, 0.1) is 6.42 Å². The SMILES string of the molecule is CC[C@@H](C)N(Cc1ccc(OS(=O)(=O)c2ccc(F)cc2)cc1)C(=O)Cc1cccs1. The van der Waals surface area contributed by atoms with Gasteiger partial charge >= 0.3 is 10.1 Å².